The van der Waals surface area contributed by atoms with E-state index in [-0.39, 0.29) is 0 Å². The molecule has 0 fully saturated rings. The second-order valence-electron chi connectivity index (χ2n) is 7.46. The number of aryl methyl sites for hydroxylation is 1. The zero-order valence-electron chi connectivity index (χ0n) is 14.9. The molecule has 4 aromatic rings. The molecule has 2 heteroatoms. The number of phenols is 1. The third kappa shape index (κ3) is 2.29. The highest BCUT2D eigenvalue weighted by molar-refractivity contribution is 6.09. The number of hydrogen-bond acceptors (Lipinski definition) is 2. The third-order valence-electron chi connectivity index (χ3n) is 5.69. The molecule has 1 aliphatic rings. The van der Waals surface area contributed by atoms with Gasteiger partial charge < -0.3 is 5.11 Å². The van der Waals surface area contributed by atoms with Crippen LogP contribution in [0.15, 0.2) is 60.7 Å². The Morgan fingerprint density at radius 3 is 2.62 bits per heavy atom. The van der Waals surface area contributed by atoms with Crippen molar-refractivity contribution in [2.45, 2.75) is 26.2 Å². The Balaban J connectivity index is 1.92. The molecular formula is C24H21NO. The molecule has 128 valence electrons. The van der Waals surface area contributed by atoms with E-state index in [1.807, 2.05) is 18.2 Å². The van der Waals surface area contributed by atoms with Crippen molar-refractivity contribution in [3.8, 4) is 17.0 Å². The number of benzene rings is 3. The molecule has 0 aliphatic heterocycles. The molecule has 1 N–H and O–H groups in total. The minimum atomic E-state index is 0.306. The minimum Gasteiger partial charge on any atom is -0.507 e. The number of nitrogens with zero attached hydrogens (tertiary/aromatic N) is 1. The summed E-state index contributed by atoms with van der Waals surface area (Å²) in [4.78, 5) is 5.04. The van der Waals surface area contributed by atoms with E-state index in [4.69, 9.17) is 4.98 Å². The quantitative estimate of drug-likeness (QED) is 0.439. The molecule has 0 saturated heterocycles. The van der Waals surface area contributed by atoms with Crippen molar-refractivity contribution < 1.29 is 5.11 Å². The van der Waals surface area contributed by atoms with E-state index in [9.17, 15) is 5.11 Å². The van der Waals surface area contributed by atoms with E-state index in [1.54, 1.807) is 6.07 Å². The summed E-state index contributed by atoms with van der Waals surface area (Å²) in [5, 5.41) is 14.3. The highest BCUT2D eigenvalue weighted by atomic mass is 16.3. The summed E-state index contributed by atoms with van der Waals surface area (Å²) >= 11 is 0. The van der Waals surface area contributed by atoms with E-state index in [0.717, 1.165) is 29.6 Å². The van der Waals surface area contributed by atoms with E-state index >= 15 is 0 Å². The third-order valence-corrected chi connectivity index (χ3v) is 5.69. The van der Waals surface area contributed by atoms with E-state index in [2.05, 4.69) is 43.3 Å². The fourth-order valence-corrected chi connectivity index (χ4v) is 4.39. The Morgan fingerprint density at radius 1 is 0.923 bits per heavy atom. The lowest BCUT2D eigenvalue weighted by atomic mass is 9.80. The molecule has 2 nitrogen and oxygen atoms in total. The lowest BCUT2D eigenvalue weighted by Gasteiger charge is -2.26. The van der Waals surface area contributed by atoms with Crippen LogP contribution >= 0.6 is 0 Å². The van der Waals surface area contributed by atoms with Crippen LogP contribution in [0.25, 0.3) is 32.9 Å². The summed E-state index contributed by atoms with van der Waals surface area (Å²) in [5.41, 5.74) is 5.55. The Bertz CT molecular complexity index is 1150. The normalized spacial score (nSPS) is 16.7. The van der Waals surface area contributed by atoms with Gasteiger partial charge in [-0.2, -0.15) is 0 Å². The zero-order valence-corrected chi connectivity index (χ0v) is 14.9. The first-order valence-corrected chi connectivity index (χ1v) is 9.34. The van der Waals surface area contributed by atoms with Gasteiger partial charge in [0.25, 0.3) is 0 Å². The lowest BCUT2D eigenvalue weighted by molar-refractivity contribution is 0.476. The van der Waals surface area contributed by atoms with Gasteiger partial charge in [-0.3, -0.25) is 0 Å². The molecule has 5 rings (SSSR count). The number of fused-ring (bicyclic) bond motifs is 5. The Morgan fingerprint density at radius 2 is 1.73 bits per heavy atom. The van der Waals surface area contributed by atoms with Crippen LogP contribution in [0.2, 0.25) is 0 Å². The first-order valence-electron chi connectivity index (χ1n) is 9.34. The predicted octanol–water partition coefficient (Wildman–Crippen LogP) is 5.89. The highest BCUT2D eigenvalue weighted by Crippen LogP contribution is 2.41. The van der Waals surface area contributed by atoms with Crippen molar-refractivity contribution in [1.82, 2.24) is 4.98 Å². The van der Waals surface area contributed by atoms with Crippen LogP contribution in [0.4, 0.5) is 0 Å². The molecule has 0 bridgehead atoms. The number of phenolic OH excluding ortho intramolecular Hbond substituents is 1. The van der Waals surface area contributed by atoms with Gasteiger partial charge in [0.15, 0.2) is 0 Å². The van der Waals surface area contributed by atoms with Gasteiger partial charge in [-0.15, -0.1) is 0 Å². The van der Waals surface area contributed by atoms with Crippen LogP contribution in [-0.2, 0) is 12.8 Å². The van der Waals surface area contributed by atoms with Crippen molar-refractivity contribution >= 4 is 21.7 Å². The summed E-state index contributed by atoms with van der Waals surface area (Å²) in [5.74, 6) is 0.946. The van der Waals surface area contributed by atoms with Crippen molar-refractivity contribution in [3.63, 3.8) is 0 Å². The standard InChI is InChI=1S/C24H21NO/c1-15-10-12-18-20(14-15)24(19-8-4-5-9-22(19)26)25-21-13-11-16-6-2-3-7-17(16)23(18)21/h2-9,11,13,15,26H,10,12,14H2,1H3/t15-/m0/s1. The summed E-state index contributed by atoms with van der Waals surface area (Å²) in [6.07, 6.45) is 3.30. The number of rotatable bonds is 1. The minimum absolute atomic E-state index is 0.306. The topological polar surface area (TPSA) is 33.1 Å². The van der Waals surface area contributed by atoms with Crippen LogP contribution < -0.4 is 0 Å². The number of aromatic hydroxyl groups is 1. The maximum absolute atomic E-state index is 10.4. The zero-order chi connectivity index (χ0) is 17.7. The van der Waals surface area contributed by atoms with E-state index in [1.165, 1.54) is 33.7 Å². The predicted molar refractivity (Wildman–Crippen MR) is 108 cm³/mol. The van der Waals surface area contributed by atoms with Crippen LogP contribution in [0.3, 0.4) is 0 Å². The molecule has 0 amide bonds. The van der Waals surface area contributed by atoms with Gasteiger partial charge in [-0.25, -0.2) is 4.98 Å². The summed E-state index contributed by atoms with van der Waals surface area (Å²) in [6, 6.07) is 20.4. The van der Waals surface area contributed by atoms with Gasteiger partial charge in [-0.05, 0) is 65.3 Å². The second-order valence-corrected chi connectivity index (χ2v) is 7.46. The summed E-state index contributed by atoms with van der Waals surface area (Å²) in [6.45, 7) is 2.31. The molecule has 0 radical (unpaired) electrons. The average molecular weight is 339 g/mol. The van der Waals surface area contributed by atoms with Crippen LogP contribution in [0.1, 0.15) is 24.5 Å². The molecule has 0 unspecified atom stereocenters. The van der Waals surface area contributed by atoms with Gasteiger partial charge >= 0.3 is 0 Å². The molecule has 0 saturated carbocycles. The number of para-hydroxylation sites is 1. The maximum atomic E-state index is 10.4. The Kier molecular flexibility index (Phi) is 3.46. The van der Waals surface area contributed by atoms with Crippen molar-refractivity contribution in [1.29, 1.82) is 0 Å². The van der Waals surface area contributed by atoms with Gasteiger partial charge in [0.05, 0.1) is 11.2 Å². The molecule has 1 aliphatic carbocycles. The largest absolute Gasteiger partial charge is 0.507 e. The van der Waals surface area contributed by atoms with Crippen LogP contribution in [0.5, 0.6) is 5.75 Å². The number of pyridine rings is 1. The Hall–Kier alpha value is -2.87. The van der Waals surface area contributed by atoms with E-state index < -0.39 is 0 Å². The second kappa shape index (κ2) is 5.84. The van der Waals surface area contributed by atoms with Crippen molar-refractivity contribution in [2.24, 2.45) is 5.92 Å². The first-order chi connectivity index (χ1) is 12.7. The fraction of sp³-hybridized carbons (Fsp3) is 0.208. The van der Waals surface area contributed by atoms with E-state index in [0.29, 0.717) is 11.7 Å². The van der Waals surface area contributed by atoms with Crippen LogP contribution in [0, 0.1) is 5.92 Å². The van der Waals surface area contributed by atoms with Gasteiger partial charge in [0, 0.05) is 10.9 Å². The van der Waals surface area contributed by atoms with Crippen molar-refractivity contribution in [2.75, 3.05) is 0 Å². The summed E-state index contributed by atoms with van der Waals surface area (Å²) in [7, 11) is 0. The van der Waals surface area contributed by atoms with Gasteiger partial charge in [0.2, 0.25) is 0 Å². The molecule has 1 aromatic heterocycles. The van der Waals surface area contributed by atoms with Gasteiger partial charge in [-0.1, -0.05) is 49.4 Å². The molecular weight excluding hydrogens is 318 g/mol. The molecule has 1 heterocycles. The summed E-state index contributed by atoms with van der Waals surface area (Å²) < 4.78 is 0. The molecule has 3 aromatic carbocycles. The molecule has 26 heavy (non-hydrogen) atoms. The SMILES string of the molecule is C[C@H]1CCc2c(c(-c3ccccc3O)nc3ccc4ccccc4c23)C1. The lowest BCUT2D eigenvalue weighted by Crippen LogP contribution is -2.14. The number of hydrogen-bond donors (Lipinski definition) is 1. The van der Waals surface area contributed by atoms with Crippen LogP contribution in [-0.4, -0.2) is 10.1 Å². The number of aromatic nitrogens is 1. The van der Waals surface area contributed by atoms with Gasteiger partial charge in [0.1, 0.15) is 5.75 Å². The fourth-order valence-electron chi connectivity index (χ4n) is 4.39. The maximum Gasteiger partial charge on any atom is 0.124 e. The molecule has 1 atom stereocenters. The Labute approximate surface area is 153 Å². The monoisotopic (exact) mass is 339 g/mol. The highest BCUT2D eigenvalue weighted by Gasteiger charge is 2.24. The average Bonchev–Trinajstić information content (AvgIpc) is 2.67. The molecule has 0 spiro atoms. The first kappa shape index (κ1) is 15.4. The smallest absolute Gasteiger partial charge is 0.124 e. The van der Waals surface area contributed by atoms with Crippen molar-refractivity contribution in [3.05, 3.63) is 71.8 Å².